The Kier molecular flexibility index (Phi) is 3.92. The van der Waals surface area contributed by atoms with Gasteiger partial charge in [-0.05, 0) is 31.4 Å². The van der Waals surface area contributed by atoms with Crippen LogP contribution in [0.3, 0.4) is 0 Å². The number of amides is 1. The summed E-state index contributed by atoms with van der Waals surface area (Å²) in [7, 11) is 0. The molecule has 1 fully saturated rings. The maximum atomic E-state index is 12.0. The summed E-state index contributed by atoms with van der Waals surface area (Å²) < 4.78 is 5.45. The van der Waals surface area contributed by atoms with Crippen molar-refractivity contribution in [3.05, 3.63) is 29.8 Å². The van der Waals surface area contributed by atoms with Gasteiger partial charge in [0.1, 0.15) is 11.7 Å². The highest BCUT2D eigenvalue weighted by molar-refractivity contribution is 5.78. The third-order valence-corrected chi connectivity index (χ3v) is 3.89. The number of likely N-dealkylation sites (tertiary alicyclic amines) is 1. The highest BCUT2D eigenvalue weighted by Crippen LogP contribution is 2.32. The largest absolute Gasteiger partial charge is 0.337 e. The molecule has 1 aliphatic rings. The van der Waals surface area contributed by atoms with Gasteiger partial charge in [-0.2, -0.15) is 4.98 Å². The average Bonchev–Trinajstić information content (AvgIpc) is 3.10. The lowest BCUT2D eigenvalue weighted by Crippen LogP contribution is -2.33. The minimum Gasteiger partial charge on any atom is -0.337 e. The molecule has 2 aromatic rings. The Morgan fingerprint density at radius 2 is 2.09 bits per heavy atom. The number of hydrogen-bond donors (Lipinski definition) is 0. The van der Waals surface area contributed by atoms with Crippen LogP contribution in [0.4, 0.5) is 0 Å². The summed E-state index contributed by atoms with van der Waals surface area (Å²) in [4.78, 5) is 22.8. The van der Waals surface area contributed by atoms with Gasteiger partial charge in [0.2, 0.25) is 17.6 Å². The maximum absolute atomic E-state index is 12.0. The quantitative estimate of drug-likeness (QED) is 0.868. The van der Waals surface area contributed by atoms with E-state index in [-0.39, 0.29) is 17.9 Å². The number of pyridine rings is 1. The van der Waals surface area contributed by atoms with E-state index in [1.807, 2.05) is 30.0 Å². The van der Waals surface area contributed by atoms with E-state index in [2.05, 4.69) is 29.0 Å². The van der Waals surface area contributed by atoms with Crippen molar-refractivity contribution in [2.24, 2.45) is 5.92 Å². The predicted octanol–water partition coefficient (Wildman–Crippen LogP) is 2.76. The lowest BCUT2D eigenvalue weighted by Gasteiger charge is -2.27. The van der Waals surface area contributed by atoms with Crippen LogP contribution in [0.25, 0.3) is 11.5 Å². The Balaban J connectivity index is 1.92. The first kappa shape index (κ1) is 14.7. The van der Waals surface area contributed by atoms with Crippen LogP contribution in [0.2, 0.25) is 0 Å². The van der Waals surface area contributed by atoms with E-state index in [1.165, 1.54) is 0 Å². The molecule has 116 valence electrons. The Hall–Kier alpha value is -2.24. The van der Waals surface area contributed by atoms with Gasteiger partial charge in [-0.1, -0.05) is 25.1 Å². The number of aromatic nitrogens is 3. The molecule has 1 aliphatic heterocycles. The van der Waals surface area contributed by atoms with Crippen LogP contribution >= 0.6 is 0 Å². The number of aryl methyl sites for hydroxylation is 1. The van der Waals surface area contributed by atoms with Crippen molar-refractivity contribution in [1.82, 2.24) is 20.0 Å². The first-order chi connectivity index (χ1) is 10.6. The van der Waals surface area contributed by atoms with Gasteiger partial charge >= 0.3 is 0 Å². The van der Waals surface area contributed by atoms with Crippen LogP contribution in [0.1, 0.15) is 44.3 Å². The number of carbonyl (C=O) groups is 1. The smallest absolute Gasteiger partial charge is 0.250 e. The number of rotatable bonds is 4. The topological polar surface area (TPSA) is 72.1 Å². The van der Waals surface area contributed by atoms with E-state index < -0.39 is 0 Å². The van der Waals surface area contributed by atoms with Gasteiger partial charge in [0.25, 0.3) is 0 Å². The third-order valence-electron chi connectivity index (χ3n) is 3.89. The fourth-order valence-electron chi connectivity index (χ4n) is 2.87. The van der Waals surface area contributed by atoms with Crippen molar-refractivity contribution < 1.29 is 9.32 Å². The first-order valence-electron chi connectivity index (χ1n) is 7.63. The number of carbonyl (C=O) groups excluding carboxylic acids is 1. The van der Waals surface area contributed by atoms with Crippen LogP contribution in [0, 0.1) is 12.8 Å². The molecular formula is C16H20N4O2. The molecule has 1 unspecified atom stereocenters. The minimum absolute atomic E-state index is 0.159. The Morgan fingerprint density at radius 3 is 2.73 bits per heavy atom. The van der Waals surface area contributed by atoms with Crippen molar-refractivity contribution in [3.63, 3.8) is 0 Å². The molecular weight excluding hydrogens is 280 g/mol. The third kappa shape index (κ3) is 2.73. The SMILES string of the molecule is Cc1cccc(-c2noc(C(C(C)C)N3CCCC3=O)n2)n1. The predicted molar refractivity (Wildman–Crippen MR) is 80.8 cm³/mol. The molecule has 22 heavy (non-hydrogen) atoms. The molecule has 2 aromatic heterocycles. The molecule has 0 N–H and O–H groups in total. The highest BCUT2D eigenvalue weighted by atomic mass is 16.5. The summed E-state index contributed by atoms with van der Waals surface area (Å²) in [5, 5.41) is 4.04. The van der Waals surface area contributed by atoms with E-state index >= 15 is 0 Å². The second-order valence-electron chi connectivity index (χ2n) is 6.00. The molecule has 0 saturated carbocycles. The number of hydrogen-bond acceptors (Lipinski definition) is 5. The van der Waals surface area contributed by atoms with Crippen LogP contribution in [0.5, 0.6) is 0 Å². The van der Waals surface area contributed by atoms with Crippen molar-refractivity contribution in [1.29, 1.82) is 0 Å². The molecule has 0 aliphatic carbocycles. The van der Waals surface area contributed by atoms with E-state index in [0.717, 1.165) is 18.7 Å². The average molecular weight is 300 g/mol. The summed E-state index contributed by atoms with van der Waals surface area (Å²) >= 11 is 0. The Morgan fingerprint density at radius 1 is 1.27 bits per heavy atom. The summed E-state index contributed by atoms with van der Waals surface area (Å²) in [6.45, 7) is 6.79. The highest BCUT2D eigenvalue weighted by Gasteiger charge is 2.35. The van der Waals surface area contributed by atoms with Gasteiger partial charge in [0.05, 0.1) is 0 Å². The Labute approximate surface area is 129 Å². The lowest BCUT2D eigenvalue weighted by atomic mass is 10.0. The molecule has 3 heterocycles. The van der Waals surface area contributed by atoms with Gasteiger partial charge in [0, 0.05) is 18.7 Å². The van der Waals surface area contributed by atoms with Crippen LogP contribution < -0.4 is 0 Å². The molecule has 6 heteroatoms. The molecule has 1 amide bonds. The van der Waals surface area contributed by atoms with E-state index in [0.29, 0.717) is 23.8 Å². The summed E-state index contributed by atoms with van der Waals surface area (Å²) in [6, 6.07) is 5.52. The van der Waals surface area contributed by atoms with Crippen LogP contribution in [0.15, 0.2) is 22.7 Å². The van der Waals surface area contributed by atoms with E-state index in [9.17, 15) is 4.79 Å². The van der Waals surface area contributed by atoms with Gasteiger partial charge in [-0.25, -0.2) is 4.98 Å². The zero-order chi connectivity index (χ0) is 15.7. The molecule has 0 spiro atoms. The summed E-state index contributed by atoms with van der Waals surface area (Å²) in [5.41, 5.74) is 1.59. The summed E-state index contributed by atoms with van der Waals surface area (Å²) in [5.74, 6) is 1.33. The zero-order valence-corrected chi connectivity index (χ0v) is 13.1. The second kappa shape index (κ2) is 5.87. The standard InChI is InChI=1S/C16H20N4O2/c1-10(2)14(20-9-5-8-13(20)21)16-18-15(19-22-16)12-7-4-6-11(3)17-12/h4,6-7,10,14H,5,8-9H2,1-3H3. The van der Waals surface area contributed by atoms with Gasteiger partial charge in [0.15, 0.2) is 0 Å². The fraction of sp³-hybridized carbons (Fsp3) is 0.500. The second-order valence-corrected chi connectivity index (χ2v) is 6.00. The minimum atomic E-state index is -0.166. The molecule has 3 rings (SSSR count). The van der Waals surface area contributed by atoms with Gasteiger partial charge < -0.3 is 9.42 Å². The van der Waals surface area contributed by atoms with Crippen molar-refractivity contribution >= 4 is 5.91 Å². The zero-order valence-electron chi connectivity index (χ0n) is 13.1. The first-order valence-corrected chi connectivity index (χ1v) is 7.63. The van der Waals surface area contributed by atoms with Gasteiger partial charge in [-0.3, -0.25) is 4.79 Å². The monoisotopic (exact) mass is 300 g/mol. The fourth-order valence-corrected chi connectivity index (χ4v) is 2.87. The van der Waals surface area contributed by atoms with Crippen LogP contribution in [-0.2, 0) is 4.79 Å². The summed E-state index contributed by atoms with van der Waals surface area (Å²) in [6.07, 6.45) is 1.49. The normalized spacial score (nSPS) is 16.5. The van der Waals surface area contributed by atoms with Crippen molar-refractivity contribution in [3.8, 4) is 11.5 Å². The molecule has 1 saturated heterocycles. The van der Waals surface area contributed by atoms with Crippen LogP contribution in [-0.4, -0.2) is 32.5 Å². The lowest BCUT2D eigenvalue weighted by molar-refractivity contribution is -0.131. The maximum Gasteiger partial charge on any atom is 0.250 e. The Bertz CT molecular complexity index is 680. The number of nitrogens with zero attached hydrogens (tertiary/aromatic N) is 4. The molecule has 0 aromatic carbocycles. The van der Waals surface area contributed by atoms with E-state index in [1.54, 1.807) is 0 Å². The van der Waals surface area contributed by atoms with Crippen molar-refractivity contribution in [2.45, 2.75) is 39.7 Å². The molecule has 6 nitrogen and oxygen atoms in total. The van der Waals surface area contributed by atoms with Gasteiger partial charge in [-0.15, -0.1) is 0 Å². The molecule has 0 radical (unpaired) electrons. The van der Waals surface area contributed by atoms with E-state index in [4.69, 9.17) is 4.52 Å². The molecule has 0 bridgehead atoms. The molecule has 1 atom stereocenters. The van der Waals surface area contributed by atoms with Crippen molar-refractivity contribution in [2.75, 3.05) is 6.54 Å².